The Morgan fingerprint density at radius 3 is 2.60 bits per heavy atom. The van der Waals surface area contributed by atoms with Crippen molar-refractivity contribution in [2.24, 2.45) is 5.41 Å². The largest absolute Gasteiger partial charge is 0.481 e. The summed E-state index contributed by atoms with van der Waals surface area (Å²) in [4.78, 5) is 36.3. The number of nitrogens with one attached hydrogen (secondary N) is 3. The summed E-state index contributed by atoms with van der Waals surface area (Å²) >= 11 is 1.03. The zero-order chi connectivity index (χ0) is 14.6. The van der Waals surface area contributed by atoms with Gasteiger partial charge in [-0.05, 0) is 12.8 Å². The molecule has 0 saturated heterocycles. The number of aromatic nitrogens is 1. The number of aliphatic carboxylic acids is 1. The molecule has 1 saturated carbocycles. The molecule has 0 spiro atoms. The highest BCUT2D eigenvalue weighted by Gasteiger charge is 2.41. The SMILES string of the molecule is O=C(NCc1csc(=O)[nH]1)NCC1(C(=O)O)CCCC1. The first-order chi connectivity index (χ1) is 9.52. The van der Waals surface area contributed by atoms with Crippen LogP contribution in [0.4, 0.5) is 4.79 Å². The minimum absolute atomic E-state index is 0.133. The first-order valence-electron chi connectivity index (χ1n) is 6.44. The predicted octanol–water partition coefficient (Wildman–Crippen LogP) is 0.881. The van der Waals surface area contributed by atoms with Crippen LogP contribution in [-0.2, 0) is 11.3 Å². The number of carboxylic acid groups (broad SMARTS) is 1. The number of hydrogen-bond acceptors (Lipinski definition) is 4. The number of urea groups is 1. The van der Waals surface area contributed by atoms with Crippen molar-refractivity contribution in [2.45, 2.75) is 32.2 Å². The van der Waals surface area contributed by atoms with Crippen LogP contribution in [0.2, 0.25) is 0 Å². The number of carbonyl (C=O) groups is 2. The molecule has 0 aromatic carbocycles. The van der Waals surface area contributed by atoms with E-state index in [2.05, 4.69) is 15.6 Å². The number of aromatic amines is 1. The Morgan fingerprint density at radius 1 is 1.35 bits per heavy atom. The fourth-order valence-corrected chi connectivity index (χ4v) is 2.99. The van der Waals surface area contributed by atoms with Gasteiger partial charge in [0.25, 0.3) is 0 Å². The van der Waals surface area contributed by atoms with E-state index >= 15 is 0 Å². The smallest absolute Gasteiger partial charge is 0.315 e. The molecule has 8 heteroatoms. The molecule has 0 unspecified atom stereocenters. The van der Waals surface area contributed by atoms with Crippen molar-refractivity contribution < 1.29 is 14.7 Å². The lowest BCUT2D eigenvalue weighted by atomic mass is 9.86. The molecule has 0 bridgehead atoms. The molecule has 7 nitrogen and oxygen atoms in total. The third kappa shape index (κ3) is 3.38. The molecule has 1 aromatic rings. The van der Waals surface area contributed by atoms with Crippen LogP contribution >= 0.6 is 11.3 Å². The molecule has 20 heavy (non-hydrogen) atoms. The summed E-state index contributed by atoms with van der Waals surface area (Å²) in [5, 5.41) is 16.1. The molecular weight excluding hydrogens is 282 g/mol. The van der Waals surface area contributed by atoms with E-state index in [-0.39, 0.29) is 18.0 Å². The molecule has 1 heterocycles. The summed E-state index contributed by atoms with van der Waals surface area (Å²) in [6.07, 6.45) is 2.96. The molecule has 4 N–H and O–H groups in total. The van der Waals surface area contributed by atoms with Gasteiger partial charge in [0, 0.05) is 17.6 Å². The van der Waals surface area contributed by atoms with Gasteiger partial charge in [0.1, 0.15) is 0 Å². The fourth-order valence-electron chi connectivity index (χ4n) is 2.41. The fraction of sp³-hybridized carbons (Fsp3) is 0.583. The highest BCUT2D eigenvalue weighted by atomic mass is 32.1. The normalized spacial score (nSPS) is 16.8. The van der Waals surface area contributed by atoms with E-state index in [4.69, 9.17) is 0 Å². The van der Waals surface area contributed by atoms with Crippen molar-refractivity contribution in [2.75, 3.05) is 6.54 Å². The van der Waals surface area contributed by atoms with Gasteiger partial charge in [-0.2, -0.15) is 0 Å². The van der Waals surface area contributed by atoms with Gasteiger partial charge in [-0.25, -0.2) is 4.79 Å². The van der Waals surface area contributed by atoms with Crippen molar-refractivity contribution in [3.8, 4) is 0 Å². The van der Waals surface area contributed by atoms with E-state index in [1.807, 2.05) is 0 Å². The van der Waals surface area contributed by atoms with Gasteiger partial charge in [-0.1, -0.05) is 24.2 Å². The standard InChI is InChI=1S/C12H17N3O4S/c16-9(17)12(3-1-2-4-12)7-14-10(18)13-5-8-6-20-11(19)15-8/h6H,1-5,7H2,(H,15,19)(H,16,17)(H2,13,14,18). The van der Waals surface area contributed by atoms with E-state index in [9.17, 15) is 19.5 Å². The second-order valence-electron chi connectivity index (χ2n) is 5.00. The van der Waals surface area contributed by atoms with E-state index in [1.54, 1.807) is 5.38 Å². The van der Waals surface area contributed by atoms with Crippen LogP contribution < -0.4 is 15.5 Å². The molecule has 0 atom stereocenters. The molecule has 1 aromatic heterocycles. The zero-order valence-electron chi connectivity index (χ0n) is 10.9. The predicted molar refractivity (Wildman–Crippen MR) is 73.7 cm³/mol. The molecule has 2 rings (SSSR count). The number of carbonyl (C=O) groups excluding carboxylic acids is 1. The number of carboxylic acids is 1. The Morgan fingerprint density at radius 2 is 2.05 bits per heavy atom. The Bertz CT molecular complexity index is 545. The Hall–Kier alpha value is -1.83. The molecule has 1 fully saturated rings. The van der Waals surface area contributed by atoms with Gasteiger partial charge in [0.2, 0.25) is 0 Å². The number of amides is 2. The Kier molecular flexibility index (Phi) is 4.43. The second-order valence-corrected chi connectivity index (χ2v) is 5.84. The molecule has 1 aliphatic rings. The van der Waals surface area contributed by atoms with Gasteiger partial charge >= 0.3 is 16.9 Å². The molecule has 110 valence electrons. The minimum Gasteiger partial charge on any atom is -0.481 e. The highest BCUT2D eigenvalue weighted by Crippen LogP contribution is 2.37. The lowest BCUT2D eigenvalue weighted by Gasteiger charge is -2.23. The number of H-pyrrole nitrogens is 1. The quantitative estimate of drug-likeness (QED) is 0.646. The summed E-state index contributed by atoms with van der Waals surface area (Å²) in [7, 11) is 0. The summed E-state index contributed by atoms with van der Waals surface area (Å²) < 4.78 is 0. The monoisotopic (exact) mass is 299 g/mol. The maximum absolute atomic E-state index is 11.6. The van der Waals surface area contributed by atoms with Gasteiger partial charge in [0.15, 0.2) is 0 Å². The maximum Gasteiger partial charge on any atom is 0.315 e. The van der Waals surface area contributed by atoms with Gasteiger partial charge in [0.05, 0.1) is 12.0 Å². The molecule has 0 aliphatic heterocycles. The Labute approximate surface area is 119 Å². The summed E-state index contributed by atoms with van der Waals surface area (Å²) in [6.45, 7) is 0.346. The molecule has 1 aliphatic carbocycles. The number of rotatable bonds is 5. The maximum atomic E-state index is 11.6. The highest BCUT2D eigenvalue weighted by molar-refractivity contribution is 7.07. The van der Waals surface area contributed by atoms with E-state index < -0.39 is 17.4 Å². The Balaban J connectivity index is 1.79. The van der Waals surface area contributed by atoms with E-state index in [0.717, 1.165) is 24.2 Å². The lowest BCUT2D eigenvalue weighted by Crippen LogP contribution is -2.44. The average molecular weight is 299 g/mol. The second kappa shape index (κ2) is 6.08. The van der Waals surface area contributed by atoms with Crippen LogP contribution in [-0.4, -0.2) is 28.6 Å². The van der Waals surface area contributed by atoms with Crippen LogP contribution in [0, 0.1) is 5.41 Å². The lowest BCUT2D eigenvalue weighted by molar-refractivity contribution is -0.148. The van der Waals surface area contributed by atoms with E-state index in [1.165, 1.54) is 0 Å². The topological polar surface area (TPSA) is 111 Å². The van der Waals surface area contributed by atoms with Gasteiger partial charge in [-0.3, -0.25) is 9.59 Å². The molecular formula is C12H17N3O4S. The first-order valence-corrected chi connectivity index (χ1v) is 7.32. The number of thiazole rings is 1. The summed E-state index contributed by atoms with van der Waals surface area (Å²) in [6, 6.07) is -0.426. The third-order valence-corrected chi connectivity index (χ3v) is 4.33. The van der Waals surface area contributed by atoms with Crippen molar-refractivity contribution in [3.05, 3.63) is 20.7 Å². The average Bonchev–Trinajstić information content (AvgIpc) is 3.03. The van der Waals surface area contributed by atoms with Crippen LogP contribution in [0.25, 0.3) is 0 Å². The van der Waals surface area contributed by atoms with Gasteiger partial charge < -0.3 is 20.7 Å². The van der Waals surface area contributed by atoms with Crippen LogP contribution in [0.1, 0.15) is 31.4 Å². The summed E-state index contributed by atoms with van der Waals surface area (Å²) in [5.74, 6) is -0.850. The van der Waals surface area contributed by atoms with Crippen LogP contribution in [0.5, 0.6) is 0 Å². The van der Waals surface area contributed by atoms with Crippen LogP contribution in [0.15, 0.2) is 10.2 Å². The van der Waals surface area contributed by atoms with Crippen molar-refractivity contribution in [1.29, 1.82) is 0 Å². The molecule has 0 radical (unpaired) electrons. The van der Waals surface area contributed by atoms with E-state index in [0.29, 0.717) is 18.5 Å². The summed E-state index contributed by atoms with van der Waals surface area (Å²) in [5.41, 5.74) is -0.197. The minimum atomic E-state index is -0.850. The van der Waals surface area contributed by atoms with Crippen molar-refractivity contribution >= 4 is 23.3 Å². The molecule has 2 amide bonds. The van der Waals surface area contributed by atoms with Gasteiger partial charge in [-0.15, -0.1) is 0 Å². The number of hydrogen-bond donors (Lipinski definition) is 4. The third-order valence-electron chi connectivity index (χ3n) is 3.61. The van der Waals surface area contributed by atoms with Crippen LogP contribution in [0.3, 0.4) is 0 Å². The zero-order valence-corrected chi connectivity index (χ0v) is 11.7. The first kappa shape index (κ1) is 14.6. The van der Waals surface area contributed by atoms with Crippen molar-refractivity contribution in [3.63, 3.8) is 0 Å². The van der Waals surface area contributed by atoms with Crippen molar-refractivity contribution in [1.82, 2.24) is 15.6 Å².